The zero-order valence-electron chi connectivity index (χ0n) is 10.3. The number of rotatable bonds is 5. The van der Waals surface area contributed by atoms with Crippen molar-refractivity contribution in [1.82, 2.24) is 5.32 Å². The summed E-state index contributed by atoms with van der Waals surface area (Å²) in [5, 5.41) is 11.7. The summed E-state index contributed by atoms with van der Waals surface area (Å²) < 4.78 is 0. The van der Waals surface area contributed by atoms with E-state index in [9.17, 15) is 4.79 Å². The fraction of sp³-hybridized carbons (Fsp3) is 0.917. The van der Waals surface area contributed by atoms with Crippen molar-refractivity contribution in [3.8, 4) is 0 Å². The Morgan fingerprint density at radius 3 is 2.88 bits per heavy atom. The summed E-state index contributed by atoms with van der Waals surface area (Å²) in [5.41, 5.74) is 5.59. The van der Waals surface area contributed by atoms with Gasteiger partial charge in [-0.15, -0.1) is 0 Å². The van der Waals surface area contributed by atoms with Crippen molar-refractivity contribution < 1.29 is 9.90 Å². The molecule has 94 valence electrons. The molecule has 3 unspecified atom stereocenters. The Morgan fingerprint density at radius 1 is 1.69 bits per heavy atom. The smallest absolute Gasteiger partial charge is 0.227 e. The third kappa shape index (κ3) is 2.95. The van der Waals surface area contributed by atoms with Crippen LogP contribution in [0, 0.1) is 11.3 Å². The van der Waals surface area contributed by atoms with Crippen LogP contribution in [0.4, 0.5) is 0 Å². The van der Waals surface area contributed by atoms with E-state index in [-0.39, 0.29) is 24.0 Å². The van der Waals surface area contributed by atoms with Crippen LogP contribution in [-0.2, 0) is 4.79 Å². The molecule has 4 heteroatoms. The number of aliphatic hydroxyl groups is 1. The van der Waals surface area contributed by atoms with E-state index in [1.807, 2.05) is 13.8 Å². The lowest BCUT2D eigenvalue weighted by Gasteiger charge is -2.28. The Morgan fingerprint density at radius 2 is 2.38 bits per heavy atom. The van der Waals surface area contributed by atoms with Gasteiger partial charge in [-0.3, -0.25) is 4.79 Å². The van der Waals surface area contributed by atoms with Gasteiger partial charge in [0.15, 0.2) is 0 Å². The Labute approximate surface area is 97.6 Å². The average molecular weight is 228 g/mol. The molecule has 0 spiro atoms. The largest absolute Gasteiger partial charge is 0.396 e. The lowest BCUT2D eigenvalue weighted by Crippen LogP contribution is -2.48. The third-order valence-electron chi connectivity index (χ3n) is 3.78. The van der Waals surface area contributed by atoms with E-state index in [4.69, 9.17) is 10.8 Å². The fourth-order valence-corrected chi connectivity index (χ4v) is 2.27. The summed E-state index contributed by atoms with van der Waals surface area (Å²) >= 11 is 0. The van der Waals surface area contributed by atoms with Gasteiger partial charge in [-0.1, -0.05) is 13.3 Å². The minimum Gasteiger partial charge on any atom is -0.396 e. The van der Waals surface area contributed by atoms with Crippen LogP contribution in [0.15, 0.2) is 0 Å². The number of amides is 1. The molecule has 1 aliphatic rings. The predicted molar refractivity (Wildman–Crippen MR) is 63.8 cm³/mol. The van der Waals surface area contributed by atoms with Gasteiger partial charge in [0.1, 0.15) is 0 Å². The summed E-state index contributed by atoms with van der Waals surface area (Å²) in [6.45, 7) is 4.78. The third-order valence-corrected chi connectivity index (χ3v) is 3.78. The molecule has 0 aromatic heterocycles. The highest BCUT2D eigenvalue weighted by molar-refractivity contribution is 5.83. The van der Waals surface area contributed by atoms with Crippen LogP contribution < -0.4 is 11.1 Å². The highest BCUT2D eigenvalue weighted by Gasteiger charge is 2.42. The highest BCUT2D eigenvalue weighted by Crippen LogP contribution is 2.36. The normalized spacial score (nSPS) is 31.4. The number of aliphatic hydroxyl groups excluding tert-OH is 1. The van der Waals surface area contributed by atoms with Crippen LogP contribution >= 0.6 is 0 Å². The molecule has 0 radical (unpaired) electrons. The molecule has 3 atom stereocenters. The molecule has 0 aromatic carbocycles. The number of hydrogen-bond donors (Lipinski definition) is 3. The Bertz CT molecular complexity index is 245. The van der Waals surface area contributed by atoms with Gasteiger partial charge in [0.2, 0.25) is 5.91 Å². The lowest BCUT2D eigenvalue weighted by atomic mass is 9.84. The molecule has 16 heavy (non-hydrogen) atoms. The molecule has 1 saturated carbocycles. The van der Waals surface area contributed by atoms with E-state index in [1.54, 1.807) is 0 Å². The Kier molecular flexibility index (Phi) is 4.74. The molecule has 1 amide bonds. The zero-order chi connectivity index (χ0) is 12.2. The first kappa shape index (κ1) is 13.5. The van der Waals surface area contributed by atoms with Gasteiger partial charge < -0.3 is 16.2 Å². The average Bonchev–Trinajstić information content (AvgIpc) is 2.57. The van der Waals surface area contributed by atoms with Crippen molar-refractivity contribution in [3.05, 3.63) is 0 Å². The first-order valence-electron chi connectivity index (χ1n) is 6.15. The summed E-state index contributed by atoms with van der Waals surface area (Å²) in [4.78, 5) is 12.0. The second kappa shape index (κ2) is 5.64. The van der Waals surface area contributed by atoms with Gasteiger partial charge in [-0.25, -0.2) is 0 Å². The van der Waals surface area contributed by atoms with E-state index in [1.165, 1.54) is 0 Å². The van der Waals surface area contributed by atoms with E-state index >= 15 is 0 Å². The van der Waals surface area contributed by atoms with Gasteiger partial charge in [-0.05, 0) is 32.1 Å². The topological polar surface area (TPSA) is 75.3 Å². The molecule has 4 N–H and O–H groups in total. The van der Waals surface area contributed by atoms with E-state index in [2.05, 4.69) is 5.32 Å². The van der Waals surface area contributed by atoms with Crippen LogP contribution in [0.5, 0.6) is 0 Å². The van der Waals surface area contributed by atoms with Crippen molar-refractivity contribution in [3.63, 3.8) is 0 Å². The summed E-state index contributed by atoms with van der Waals surface area (Å²) in [6, 6.07) is -0.0133. The van der Waals surface area contributed by atoms with Crippen molar-refractivity contribution in [2.24, 2.45) is 17.1 Å². The van der Waals surface area contributed by atoms with E-state index in [0.29, 0.717) is 12.5 Å². The van der Waals surface area contributed by atoms with Crippen LogP contribution in [0.1, 0.15) is 39.5 Å². The van der Waals surface area contributed by atoms with Crippen molar-refractivity contribution in [2.75, 3.05) is 13.2 Å². The van der Waals surface area contributed by atoms with Crippen LogP contribution in [0.2, 0.25) is 0 Å². The highest BCUT2D eigenvalue weighted by atomic mass is 16.3. The molecule has 0 bridgehead atoms. The number of nitrogens with one attached hydrogen (secondary N) is 1. The Hall–Kier alpha value is -0.610. The summed E-state index contributed by atoms with van der Waals surface area (Å²) in [5.74, 6) is 0.387. The Balaban J connectivity index is 2.40. The molecule has 0 aliphatic heterocycles. The van der Waals surface area contributed by atoms with Crippen molar-refractivity contribution >= 4 is 5.91 Å². The quantitative estimate of drug-likeness (QED) is 0.646. The van der Waals surface area contributed by atoms with Crippen molar-refractivity contribution in [2.45, 2.75) is 45.6 Å². The number of carbonyl (C=O) groups excluding carboxylic acids is 1. The van der Waals surface area contributed by atoms with Gasteiger partial charge >= 0.3 is 0 Å². The minimum atomic E-state index is -0.390. The molecular weight excluding hydrogens is 204 g/mol. The zero-order valence-corrected chi connectivity index (χ0v) is 10.3. The summed E-state index contributed by atoms with van der Waals surface area (Å²) in [7, 11) is 0. The maximum Gasteiger partial charge on any atom is 0.227 e. The first-order chi connectivity index (χ1) is 7.50. The second-order valence-corrected chi connectivity index (χ2v) is 5.24. The molecule has 4 nitrogen and oxygen atoms in total. The van der Waals surface area contributed by atoms with Crippen LogP contribution in [0.3, 0.4) is 0 Å². The van der Waals surface area contributed by atoms with Gasteiger partial charge in [0, 0.05) is 19.2 Å². The number of nitrogens with two attached hydrogens (primary N) is 1. The number of hydrogen-bond acceptors (Lipinski definition) is 3. The maximum absolute atomic E-state index is 12.0. The van der Waals surface area contributed by atoms with Gasteiger partial charge in [0.05, 0.1) is 5.41 Å². The molecule has 1 fully saturated rings. The molecular formula is C12H24N2O2. The SMILES string of the molecule is CC(CCO)CNC(=O)C1(C)CCCC1N. The lowest BCUT2D eigenvalue weighted by molar-refractivity contribution is -0.130. The van der Waals surface area contributed by atoms with Gasteiger partial charge in [0.25, 0.3) is 0 Å². The molecule has 0 aromatic rings. The molecule has 0 heterocycles. The molecule has 0 saturated heterocycles. The second-order valence-electron chi connectivity index (χ2n) is 5.24. The molecule has 1 aliphatic carbocycles. The predicted octanol–water partition coefficient (Wildman–Crippen LogP) is 0.639. The van der Waals surface area contributed by atoms with E-state index < -0.39 is 0 Å². The standard InChI is InChI=1S/C12H24N2O2/c1-9(5-7-15)8-14-11(16)12(2)6-3-4-10(12)13/h9-10,15H,3-8,13H2,1-2H3,(H,14,16). The maximum atomic E-state index is 12.0. The number of carbonyl (C=O) groups is 1. The summed E-state index contributed by atoms with van der Waals surface area (Å²) in [6.07, 6.45) is 3.59. The fourth-order valence-electron chi connectivity index (χ4n) is 2.27. The van der Waals surface area contributed by atoms with Gasteiger partial charge in [-0.2, -0.15) is 0 Å². The van der Waals surface area contributed by atoms with Crippen molar-refractivity contribution in [1.29, 1.82) is 0 Å². The first-order valence-corrected chi connectivity index (χ1v) is 6.15. The van der Waals surface area contributed by atoms with Crippen LogP contribution in [-0.4, -0.2) is 30.2 Å². The van der Waals surface area contributed by atoms with E-state index in [0.717, 1.165) is 25.7 Å². The monoisotopic (exact) mass is 228 g/mol. The molecule has 1 rings (SSSR count). The minimum absolute atomic E-state index is 0.0133. The van der Waals surface area contributed by atoms with Crippen LogP contribution in [0.25, 0.3) is 0 Å².